The first-order chi connectivity index (χ1) is 11.6. The Kier molecular flexibility index (Phi) is 4.47. The molecule has 0 aliphatic carbocycles. The Hall–Kier alpha value is -3.28. The van der Waals surface area contributed by atoms with E-state index in [2.05, 4.69) is 10.3 Å². The van der Waals surface area contributed by atoms with Crippen LogP contribution in [0.4, 0.5) is 10.1 Å². The summed E-state index contributed by atoms with van der Waals surface area (Å²) in [6.07, 6.45) is 1.33. The zero-order valence-electron chi connectivity index (χ0n) is 12.6. The van der Waals surface area contributed by atoms with Gasteiger partial charge in [0.05, 0.1) is 12.0 Å². The molecule has 3 aromatic rings. The number of aromatic nitrogens is 2. The van der Waals surface area contributed by atoms with Crippen LogP contribution in [0.25, 0.3) is 11.3 Å². The normalized spacial score (nSPS) is 10.4. The van der Waals surface area contributed by atoms with Gasteiger partial charge in [0.25, 0.3) is 5.56 Å². The third-order valence-corrected chi connectivity index (χ3v) is 3.37. The molecule has 1 aromatic heterocycles. The molecule has 0 saturated heterocycles. The molecule has 1 amide bonds. The lowest BCUT2D eigenvalue weighted by atomic mass is 10.1. The standard InChI is InChI=1S/C18H14FN3O2/c19-14-7-4-8-15(9-14)21-17(23)11-22-12-20-16(10-18(22)24)13-5-2-1-3-6-13/h1-10,12H,11H2,(H,21,23). The number of hydrogen-bond acceptors (Lipinski definition) is 3. The average molecular weight is 323 g/mol. The summed E-state index contributed by atoms with van der Waals surface area (Å²) in [6, 6.07) is 16.2. The zero-order chi connectivity index (χ0) is 16.9. The molecular formula is C18H14FN3O2. The molecule has 0 spiro atoms. The van der Waals surface area contributed by atoms with Crippen molar-refractivity contribution < 1.29 is 9.18 Å². The van der Waals surface area contributed by atoms with Crippen LogP contribution in [0.15, 0.2) is 71.8 Å². The van der Waals surface area contributed by atoms with Gasteiger partial charge in [-0.05, 0) is 18.2 Å². The highest BCUT2D eigenvalue weighted by Crippen LogP contribution is 2.13. The van der Waals surface area contributed by atoms with Crippen LogP contribution in [-0.2, 0) is 11.3 Å². The van der Waals surface area contributed by atoms with Crippen LogP contribution in [0.5, 0.6) is 0 Å². The minimum Gasteiger partial charge on any atom is -0.324 e. The number of hydrogen-bond donors (Lipinski definition) is 1. The van der Waals surface area contributed by atoms with Gasteiger partial charge in [-0.1, -0.05) is 36.4 Å². The molecule has 0 atom stereocenters. The van der Waals surface area contributed by atoms with Gasteiger partial charge in [0.2, 0.25) is 5.91 Å². The molecule has 0 radical (unpaired) electrons. The van der Waals surface area contributed by atoms with E-state index in [1.54, 1.807) is 6.07 Å². The van der Waals surface area contributed by atoms with E-state index in [1.165, 1.54) is 35.2 Å². The Morgan fingerprint density at radius 1 is 1.08 bits per heavy atom. The van der Waals surface area contributed by atoms with E-state index < -0.39 is 11.7 Å². The summed E-state index contributed by atoms with van der Waals surface area (Å²) in [5.41, 5.74) is 1.37. The largest absolute Gasteiger partial charge is 0.324 e. The molecule has 5 nitrogen and oxygen atoms in total. The molecule has 0 unspecified atom stereocenters. The summed E-state index contributed by atoms with van der Waals surface area (Å²) in [6.45, 7) is -0.197. The van der Waals surface area contributed by atoms with Crippen LogP contribution >= 0.6 is 0 Å². The highest BCUT2D eigenvalue weighted by molar-refractivity contribution is 5.90. The lowest BCUT2D eigenvalue weighted by molar-refractivity contribution is -0.116. The molecule has 120 valence electrons. The number of halogens is 1. The molecule has 3 rings (SSSR count). The van der Waals surface area contributed by atoms with Crippen LogP contribution < -0.4 is 10.9 Å². The van der Waals surface area contributed by atoms with E-state index in [4.69, 9.17) is 0 Å². The first-order valence-corrected chi connectivity index (χ1v) is 7.29. The van der Waals surface area contributed by atoms with Crippen LogP contribution in [0.1, 0.15) is 0 Å². The van der Waals surface area contributed by atoms with Gasteiger partial charge in [0.15, 0.2) is 0 Å². The molecule has 6 heteroatoms. The number of nitrogens with zero attached hydrogens (tertiary/aromatic N) is 2. The number of carbonyl (C=O) groups is 1. The minimum atomic E-state index is -0.446. The van der Waals surface area contributed by atoms with E-state index in [-0.39, 0.29) is 12.1 Å². The number of rotatable bonds is 4. The predicted octanol–water partition coefficient (Wildman–Crippen LogP) is 2.69. The quantitative estimate of drug-likeness (QED) is 0.803. The molecule has 0 aliphatic rings. The number of nitrogens with one attached hydrogen (secondary N) is 1. The van der Waals surface area contributed by atoms with Gasteiger partial charge in [-0.3, -0.25) is 14.2 Å². The van der Waals surface area contributed by atoms with Gasteiger partial charge in [-0.2, -0.15) is 0 Å². The molecular weight excluding hydrogens is 309 g/mol. The number of anilines is 1. The number of carbonyl (C=O) groups excluding carboxylic acids is 1. The van der Waals surface area contributed by atoms with Crippen molar-refractivity contribution in [3.8, 4) is 11.3 Å². The summed E-state index contributed by atoms with van der Waals surface area (Å²) in [7, 11) is 0. The first kappa shape index (κ1) is 15.6. The lowest BCUT2D eigenvalue weighted by Crippen LogP contribution is -2.27. The summed E-state index contributed by atoms with van der Waals surface area (Å²) in [5.74, 6) is -0.879. The van der Waals surface area contributed by atoms with Crippen molar-refractivity contribution in [2.75, 3.05) is 5.32 Å². The Morgan fingerprint density at radius 2 is 1.88 bits per heavy atom. The lowest BCUT2D eigenvalue weighted by Gasteiger charge is -2.08. The predicted molar refractivity (Wildman–Crippen MR) is 89.0 cm³/mol. The Bertz CT molecular complexity index is 923. The molecule has 1 N–H and O–H groups in total. The van der Waals surface area contributed by atoms with Crippen molar-refractivity contribution in [1.82, 2.24) is 9.55 Å². The van der Waals surface area contributed by atoms with E-state index in [1.807, 2.05) is 30.3 Å². The molecule has 1 heterocycles. The monoisotopic (exact) mass is 323 g/mol. The summed E-state index contributed by atoms with van der Waals surface area (Å²) in [4.78, 5) is 28.3. The number of amides is 1. The number of benzene rings is 2. The van der Waals surface area contributed by atoms with Crippen LogP contribution in [0.3, 0.4) is 0 Å². The second-order valence-corrected chi connectivity index (χ2v) is 5.16. The van der Waals surface area contributed by atoms with E-state index >= 15 is 0 Å². The van der Waals surface area contributed by atoms with Gasteiger partial charge < -0.3 is 5.32 Å². The highest BCUT2D eigenvalue weighted by Gasteiger charge is 2.08. The van der Waals surface area contributed by atoms with Crippen LogP contribution in [0, 0.1) is 5.82 Å². The summed E-state index contributed by atoms with van der Waals surface area (Å²) < 4.78 is 14.3. The molecule has 0 aliphatic heterocycles. The van der Waals surface area contributed by atoms with Gasteiger partial charge in [-0.15, -0.1) is 0 Å². The summed E-state index contributed by atoms with van der Waals surface area (Å²) in [5, 5.41) is 2.54. The van der Waals surface area contributed by atoms with Crippen molar-refractivity contribution in [3.63, 3.8) is 0 Å². The van der Waals surface area contributed by atoms with Gasteiger partial charge in [0.1, 0.15) is 12.4 Å². The maximum absolute atomic E-state index is 13.1. The van der Waals surface area contributed by atoms with Crippen molar-refractivity contribution in [2.24, 2.45) is 0 Å². The van der Waals surface area contributed by atoms with E-state index in [0.29, 0.717) is 11.4 Å². The zero-order valence-corrected chi connectivity index (χ0v) is 12.6. The van der Waals surface area contributed by atoms with Gasteiger partial charge in [-0.25, -0.2) is 9.37 Å². The Labute approximate surface area is 137 Å². The van der Waals surface area contributed by atoms with Crippen molar-refractivity contribution in [2.45, 2.75) is 6.54 Å². The minimum absolute atomic E-state index is 0.197. The Morgan fingerprint density at radius 3 is 2.58 bits per heavy atom. The fourth-order valence-electron chi connectivity index (χ4n) is 2.23. The second kappa shape index (κ2) is 6.87. The smallest absolute Gasteiger partial charge is 0.254 e. The highest BCUT2D eigenvalue weighted by atomic mass is 19.1. The molecule has 2 aromatic carbocycles. The molecule has 0 saturated carbocycles. The van der Waals surface area contributed by atoms with Gasteiger partial charge >= 0.3 is 0 Å². The SMILES string of the molecule is O=C(Cn1cnc(-c2ccccc2)cc1=O)Nc1cccc(F)c1. The maximum atomic E-state index is 13.1. The maximum Gasteiger partial charge on any atom is 0.254 e. The third-order valence-electron chi connectivity index (χ3n) is 3.37. The molecule has 0 bridgehead atoms. The fraction of sp³-hybridized carbons (Fsp3) is 0.0556. The van der Waals surface area contributed by atoms with Crippen LogP contribution in [-0.4, -0.2) is 15.5 Å². The summed E-state index contributed by atoms with van der Waals surface area (Å²) >= 11 is 0. The van der Waals surface area contributed by atoms with E-state index in [0.717, 1.165) is 5.56 Å². The fourth-order valence-corrected chi connectivity index (χ4v) is 2.23. The second-order valence-electron chi connectivity index (χ2n) is 5.16. The first-order valence-electron chi connectivity index (χ1n) is 7.29. The topological polar surface area (TPSA) is 64.0 Å². The van der Waals surface area contributed by atoms with Crippen molar-refractivity contribution in [3.05, 3.63) is 83.2 Å². The van der Waals surface area contributed by atoms with Crippen LogP contribution in [0.2, 0.25) is 0 Å². The molecule has 24 heavy (non-hydrogen) atoms. The Balaban J connectivity index is 1.74. The van der Waals surface area contributed by atoms with Crippen molar-refractivity contribution in [1.29, 1.82) is 0 Å². The average Bonchev–Trinajstić information content (AvgIpc) is 2.57. The van der Waals surface area contributed by atoms with Gasteiger partial charge in [0, 0.05) is 17.3 Å². The van der Waals surface area contributed by atoms with Crippen molar-refractivity contribution >= 4 is 11.6 Å². The molecule has 0 fully saturated rings. The van der Waals surface area contributed by atoms with E-state index in [9.17, 15) is 14.0 Å². The third kappa shape index (κ3) is 3.73.